The van der Waals surface area contributed by atoms with Gasteiger partial charge in [0.25, 0.3) is 0 Å². The van der Waals surface area contributed by atoms with Gasteiger partial charge in [-0.2, -0.15) is 0 Å². The zero-order chi connectivity index (χ0) is 15.8. The average Bonchev–Trinajstić information content (AvgIpc) is 2.93. The molecular weight excluding hydrogens is 346 g/mol. The number of nitrogens with zero attached hydrogens (tertiary/aromatic N) is 1. The van der Waals surface area contributed by atoms with Gasteiger partial charge in [-0.3, -0.25) is 0 Å². The first-order valence-electron chi connectivity index (χ1n) is 7.63. The number of benzene rings is 3. The highest BCUT2D eigenvalue weighted by atomic mass is 79.9. The van der Waals surface area contributed by atoms with Crippen molar-refractivity contribution in [3.63, 3.8) is 0 Å². The minimum atomic E-state index is 1.10. The van der Waals surface area contributed by atoms with E-state index in [0.29, 0.717) is 0 Å². The topological polar surface area (TPSA) is 4.93 Å². The number of hydrogen-bond acceptors (Lipinski definition) is 0. The predicted molar refractivity (Wildman–Crippen MR) is 101 cm³/mol. The first kappa shape index (κ1) is 14.3. The molecular formula is C21H16BrN. The van der Waals surface area contributed by atoms with Crippen LogP contribution in [-0.2, 0) is 7.05 Å². The minimum Gasteiger partial charge on any atom is -0.344 e. The van der Waals surface area contributed by atoms with E-state index in [9.17, 15) is 0 Å². The van der Waals surface area contributed by atoms with E-state index in [1.807, 2.05) is 0 Å². The van der Waals surface area contributed by atoms with Crippen molar-refractivity contribution in [3.8, 4) is 22.4 Å². The molecule has 1 aromatic heterocycles. The molecule has 1 heterocycles. The summed E-state index contributed by atoms with van der Waals surface area (Å²) in [5, 5.41) is 1.28. The summed E-state index contributed by atoms with van der Waals surface area (Å²) in [5.74, 6) is 0. The fourth-order valence-corrected chi connectivity index (χ4v) is 3.31. The van der Waals surface area contributed by atoms with E-state index >= 15 is 0 Å². The molecule has 0 N–H and O–H groups in total. The molecule has 4 aromatic rings. The third kappa shape index (κ3) is 2.60. The van der Waals surface area contributed by atoms with Crippen molar-refractivity contribution in [1.82, 2.24) is 4.57 Å². The van der Waals surface area contributed by atoms with Gasteiger partial charge in [0.05, 0.1) is 0 Å². The summed E-state index contributed by atoms with van der Waals surface area (Å²) in [6, 6.07) is 28.0. The maximum Gasteiger partial charge on any atom is 0.0488 e. The van der Waals surface area contributed by atoms with E-state index in [1.165, 1.54) is 33.3 Å². The van der Waals surface area contributed by atoms with Crippen LogP contribution < -0.4 is 0 Å². The average molecular weight is 362 g/mol. The van der Waals surface area contributed by atoms with Crippen molar-refractivity contribution in [3.05, 3.63) is 83.3 Å². The molecule has 0 spiro atoms. The van der Waals surface area contributed by atoms with Crippen molar-refractivity contribution in [2.45, 2.75) is 0 Å². The van der Waals surface area contributed by atoms with Gasteiger partial charge in [-0.15, -0.1) is 0 Å². The fraction of sp³-hybridized carbons (Fsp3) is 0.0476. The maximum atomic E-state index is 3.48. The molecule has 0 fully saturated rings. The van der Waals surface area contributed by atoms with Crippen molar-refractivity contribution < 1.29 is 0 Å². The molecule has 0 saturated heterocycles. The quantitative estimate of drug-likeness (QED) is 0.396. The summed E-state index contributed by atoms with van der Waals surface area (Å²) in [4.78, 5) is 0. The van der Waals surface area contributed by atoms with E-state index in [0.717, 1.165) is 4.47 Å². The van der Waals surface area contributed by atoms with Gasteiger partial charge in [-0.25, -0.2) is 0 Å². The lowest BCUT2D eigenvalue weighted by Gasteiger charge is -2.07. The fourth-order valence-electron chi connectivity index (χ4n) is 3.04. The van der Waals surface area contributed by atoms with Crippen LogP contribution in [0.25, 0.3) is 33.3 Å². The van der Waals surface area contributed by atoms with Gasteiger partial charge in [0.1, 0.15) is 0 Å². The van der Waals surface area contributed by atoms with Gasteiger partial charge in [0.15, 0.2) is 0 Å². The second kappa shape index (κ2) is 5.71. The van der Waals surface area contributed by atoms with Gasteiger partial charge < -0.3 is 4.57 Å². The van der Waals surface area contributed by atoms with Crippen molar-refractivity contribution in [1.29, 1.82) is 0 Å². The summed E-state index contributed by atoms with van der Waals surface area (Å²) in [6.45, 7) is 0. The SMILES string of the molecule is Cn1c(-c2ccc(-c3ccc(Br)cc3)cc2)cc2ccccc21. The Morgan fingerprint density at radius 3 is 1.91 bits per heavy atom. The van der Waals surface area contributed by atoms with E-state index in [-0.39, 0.29) is 0 Å². The molecule has 0 radical (unpaired) electrons. The van der Waals surface area contributed by atoms with Crippen LogP contribution in [-0.4, -0.2) is 4.57 Å². The second-order valence-electron chi connectivity index (χ2n) is 5.73. The molecule has 3 aromatic carbocycles. The maximum absolute atomic E-state index is 3.48. The summed E-state index contributed by atoms with van der Waals surface area (Å²) >= 11 is 3.48. The summed E-state index contributed by atoms with van der Waals surface area (Å²) < 4.78 is 3.36. The lowest BCUT2D eigenvalue weighted by atomic mass is 10.0. The Morgan fingerprint density at radius 2 is 1.26 bits per heavy atom. The number of para-hydroxylation sites is 1. The molecule has 23 heavy (non-hydrogen) atoms. The third-order valence-electron chi connectivity index (χ3n) is 4.31. The van der Waals surface area contributed by atoms with Crippen LogP contribution in [0.1, 0.15) is 0 Å². The zero-order valence-corrected chi connectivity index (χ0v) is 14.4. The molecule has 2 heteroatoms. The summed E-state index contributed by atoms with van der Waals surface area (Å²) in [7, 11) is 2.13. The van der Waals surface area contributed by atoms with Gasteiger partial charge >= 0.3 is 0 Å². The second-order valence-corrected chi connectivity index (χ2v) is 6.65. The summed E-state index contributed by atoms with van der Waals surface area (Å²) in [5.41, 5.74) is 6.22. The number of fused-ring (bicyclic) bond motifs is 1. The van der Waals surface area contributed by atoms with Gasteiger partial charge in [0.2, 0.25) is 0 Å². The Balaban J connectivity index is 1.75. The lowest BCUT2D eigenvalue weighted by molar-refractivity contribution is 0.978. The molecule has 0 unspecified atom stereocenters. The Bertz CT molecular complexity index is 963. The molecule has 4 rings (SSSR count). The van der Waals surface area contributed by atoms with E-state index in [1.54, 1.807) is 0 Å². The zero-order valence-electron chi connectivity index (χ0n) is 12.8. The van der Waals surface area contributed by atoms with E-state index in [4.69, 9.17) is 0 Å². The number of rotatable bonds is 2. The molecule has 0 saturated carbocycles. The predicted octanol–water partition coefficient (Wildman–Crippen LogP) is 6.27. The lowest BCUT2D eigenvalue weighted by Crippen LogP contribution is -1.90. The molecule has 0 bridgehead atoms. The van der Waals surface area contributed by atoms with Gasteiger partial charge in [0, 0.05) is 28.1 Å². The highest BCUT2D eigenvalue weighted by molar-refractivity contribution is 9.10. The van der Waals surface area contributed by atoms with E-state index < -0.39 is 0 Å². The molecule has 0 amide bonds. The van der Waals surface area contributed by atoms with Crippen LogP contribution in [0, 0.1) is 0 Å². The van der Waals surface area contributed by atoms with Crippen LogP contribution >= 0.6 is 15.9 Å². The largest absolute Gasteiger partial charge is 0.344 e. The molecule has 0 aliphatic rings. The molecule has 0 aliphatic carbocycles. The Morgan fingerprint density at radius 1 is 0.696 bits per heavy atom. The van der Waals surface area contributed by atoms with Crippen molar-refractivity contribution in [2.24, 2.45) is 7.05 Å². The van der Waals surface area contributed by atoms with Crippen molar-refractivity contribution in [2.75, 3.05) is 0 Å². The van der Waals surface area contributed by atoms with Gasteiger partial charge in [-0.1, -0.05) is 70.5 Å². The Labute approximate surface area is 144 Å². The summed E-state index contributed by atoms with van der Waals surface area (Å²) in [6.07, 6.45) is 0. The van der Waals surface area contributed by atoms with Crippen LogP contribution in [0.4, 0.5) is 0 Å². The van der Waals surface area contributed by atoms with Crippen LogP contribution in [0.5, 0.6) is 0 Å². The molecule has 112 valence electrons. The normalized spacial score (nSPS) is 11.0. The highest BCUT2D eigenvalue weighted by Gasteiger charge is 2.07. The number of aromatic nitrogens is 1. The Hall–Kier alpha value is -2.32. The molecule has 0 aliphatic heterocycles. The van der Waals surface area contributed by atoms with Crippen LogP contribution in [0.3, 0.4) is 0 Å². The molecule has 1 nitrogen and oxygen atoms in total. The first-order chi connectivity index (χ1) is 11.2. The highest BCUT2D eigenvalue weighted by Crippen LogP contribution is 2.29. The number of hydrogen-bond donors (Lipinski definition) is 0. The standard InChI is InChI=1S/C21H16BrN/c1-23-20-5-3-2-4-18(20)14-21(23)17-8-6-15(7-9-17)16-10-12-19(22)13-11-16/h2-14H,1H3. The molecule has 0 atom stereocenters. The first-order valence-corrected chi connectivity index (χ1v) is 8.42. The minimum absolute atomic E-state index is 1.10. The van der Waals surface area contributed by atoms with Crippen LogP contribution in [0.2, 0.25) is 0 Å². The monoisotopic (exact) mass is 361 g/mol. The Kier molecular flexibility index (Phi) is 3.55. The van der Waals surface area contributed by atoms with Crippen molar-refractivity contribution >= 4 is 26.8 Å². The number of halogens is 1. The smallest absolute Gasteiger partial charge is 0.0488 e. The van der Waals surface area contributed by atoms with Crippen LogP contribution in [0.15, 0.2) is 83.3 Å². The third-order valence-corrected chi connectivity index (χ3v) is 4.84. The van der Waals surface area contributed by atoms with E-state index in [2.05, 4.69) is 106 Å². The number of aryl methyl sites for hydroxylation is 1. The van der Waals surface area contributed by atoms with Gasteiger partial charge in [-0.05, 0) is 41.0 Å².